The van der Waals surface area contributed by atoms with Gasteiger partial charge in [-0.3, -0.25) is 19.2 Å². The minimum atomic E-state index is -4.01. The topological polar surface area (TPSA) is 92.8 Å². The van der Waals surface area contributed by atoms with Crippen molar-refractivity contribution in [2.24, 2.45) is 11.8 Å². The van der Waals surface area contributed by atoms with E-state index in [-0.39, 0.29) is 40.8 Å². The number of ether oxygens (including phenoxy) is 1. The molecule has 0 unspecified atom stereocenters. The number of imide groups is 1. The maximum absolute atomic E-state index is 13.4. The number of amides is 2. The van der Waals surface area contributed by atoms with Gasteiger partial charge in [0.15, 0.2) is 0 Å². The van der Waals surface area contributed by atoms with Crippen molar-refractivity contribution in [2.75, 3.05) is 11.8 Å². The molecule has 7 nitrogen and oxygen atoms in total. The van der Waals surface area contributed by atoms with Gasteiger partial charge in [0.25, 0.3) is 10.0 Å². The quantitative estimate of drug-likeness (QED) is 0.533. The maximum Gasteiger partial charge on any atom is 0.265 e. The molecule has 1 saturated carbocycles. The highest BCUT2D eigenvalue weighted by molar-refractivity contribution is 7.92. The predicted molar refractivity (Wildman–Crippen MR) is 129 cm³/mol. The van der Waals surface area contributed by atoms with E-state index in [1.165, 1.54) is 18.1 Å². The third-order valence-electron chi connectivity index (χ3n) is 6.82. The summed E-state index contributed by atoms with van der Waals surface area (Å²) in [6.07, 6.45) is 3.39. The summed E-state index contributed by atoms with van der Waals surface area (Å²) in [5.74, 6) is -0.594. The van der Waals surface area contributed by atoms with Gasteiger partial charge in [-0.25, -0.2) is 8.42 Å². The number of hydrogen-bond acceptors (Lipinski definition) is 5. The molecule has 3 aromatic carbocycles. The SMILES string of the molecule is COc1ccc(CN2C(=O)[C@H]3CCCC[C@@H]3C2=O)cc1S(=O)(=O)Nc1cccc2ccccc12. The molecule has 1 aliphatic heterocycles. The number of anilines is 1. The largest absolute Gasteiger partial charge is 0.495 e. The van der Waals surface area contributed by atoms with Crippen LogP contribution in [0.25, 0.3) is 10.8 Å². The second-order valence-electron chi connectivity index (χ2n) is 8.88. The molecule has 2 fully saturated rings. The number of sulfonamides is 1. The lowest BCUT2D eigenvalue weighted by molar-refractivity contribution is -0.140. The Labute approximate surface area is 198 Å². The van der Waals surface area contributed by atoms with Crippen LogP contribution in [0, 0.1) is 11.8 Å². The molecule has 2 amide bonds. The summed E-state index contributed by atoms with van der Waals surface area (Å²) in [6, 6.07) is 17.7. The Morgan fingerprint density at radius 3 is 2.32 bits per heavy atom. The Kier molecular flexibility index (Phi) is 5.77. The average Bonchev–Trinajstić information content (AvgIpc) is 3.09. The van der Waals surface area contributed by atoms with Crippen molar-refractivity contribution >= 4 is 38.3 Å². The highest BCUT2D eigenvalue weighted by Crippen LogP contribution is 2.39. The lowest BCUT2D eigenvalue weighted by atomic mass is 9.81. The van der Waals surface area contributed by atoms with E-state index in [2.05, 4.69) is 4.72 Å². The van der Waals surface area contributed by atoms with Gasteiger partial charge >= 0.3 is 0 Å². The van der Waals surface area contributed by atoms with Crippen LogP contribution >= 0.6 is 0 Å². The van der Waals surface area contributed by atoms with Gasteiger partial charge in [-0.15, -0.1) is 0 Å². The summed E-state index contributed by atoms with van der Waals surface area (Å²) in [5, 5.41) is 1.69. The highest BCUT2D eigenvalue weighted by atomic mass is 32.2. The average molecular weight is 479 g/mol. The van der Waals surface area contributed by atoms with Crippen LogP contribution in [0.15, 0.2) is 65.6 Å². The first kappa shape index (κ1) is 22.4. The van der Waals surface area contributed by atoms with E-state index >= 15 is 0 Å². The van der Waals surface area contributed by atoms with Crippen molar-refractivity contribution < 1.29 is 22.7 Å². The second kappa shape index (κ2) is 8.76. The molecule has 1 heterocycles. The van der Waals surface area contributed by atoms with Gasteiger partial charge in [0.05, 0.1) is 31.2 Å². The Bertz CT molecular complexity index is 1360. The van der Waals surface area contributed by atoms with Crippen LogP contribution in [0.5, 0.6) is 5.75 Å². The normalized spacial score (nSPS) is 20.4. The summed E-state index contributed by atoms with van der Waals surface area (Å²) in [5.41, 5.74) is 1.01. The van der Waals surface area contributed by atoms with Gasteiger partial charge in [0.2, 0.25) is 11.8 Å². The first-order valence-corrected chi connectivity index (χ1v) is 12.9. The van der Waals surface area contributed by atoms with Crippen molar-refractivity contribution in [2.45, 2.75) is 37.1 Å². The van der Waals surface area contributed by atoms with Gasteiger partial charge in [-0.05, 0) is 42.0 Å². The van der Waals surface area contributed by atoms with E-state index in [0.29, 0.717) is 11.3 Å². The van der Waals surface area contributed by atoms with E-state index < -0.39 is 10.0 Å². The summed E-state index contributed by atoms with van der Waals surface area (Å²) in [7, 11) is -2.61. The minimum Gasteiger partial charge on any atom is -0.495 e. The molecule has 3 aromatic rings. The van der Waals surface area contributed by atoms with E-state index in [4.69, 9.17) is 4.74 Å². The first-order chi connectivity index (χ1) is 16.4. The Morgan fingerprint density at radius 2 is 1.62 bits per heavy atom. The minimum absolute atomic E-state index is 0.0445. The monoisotopic (exact) mass is 478 g/mol. The van der Waals surface area contributed by atoms with E-state index in [1.807, 2.05) is 30.3 Å². The number of likely N-dealkylation sites (tertiary alicyclic amines) is 1. The predicted octanol–water partition coefficient (Wildman–Crippen LogP) is 4.32. The molecule has 8 heteroatoms. The molecule has 176 valence electrons. The van der Waals surface area contributed by atoms with Crippen molar-refractivity contribution in [1.29, 1.82) is 0 Å². The number of nitrogens with zero attached hydrogens (tertiary/aromatic N) is 1. The Hall–Kier alpha value is -3.39. The zero-order valence-electron chi connectivity index (χ0n) is 18.9. The summed E-state index contributed by atoms with van der Waals surface area (Å²) in [6.45, 7) is 0.0471. The molecule has 5 rings (SSSR count). The third-order valence-corrected chi connectivity index (χ3v) is 8.21. The molecule has 1 saturated heterocycles. The van der Waals surface area contributed by atoms with Crippen LogP contribution < -0.4 is 9.46 Å². The van der Waals surface area contributed by atoms with Crippen LogP contribution in [0.1, 0.15) is 31.2 Å². The van der Waals surface area contributed by atoms with E-state index in [1.54, 1.807) is 24.3 Å². The number of hydrogen-bond donors (Lipinski definition) is 1. The van der Waals surface area contributed by atoms with Crippen molar-refractivity contribution in [1.82, 2.24) is 4.90 Å². The number of benzene rings is 3. The molecule has 2 aliphatic rings. The second-order valence-corrected chi connectivity index (χ2v) is 10.5. The fourth-order valence-corrected chi connectivity index (χ4v) is 6.41. The van der Waals surface area contributed by atoms with Gasteiger partial charge in [0, 0.05) is 5.39 Å². The van der Waals surface area contributed by atoms with E-state index in [9.17, 15) is 18.0 Å². The lowest BCUT2D eigenvalue weighted by Gasteiger charge is -2.19. The summed E-state index contributed by atoms with van der Waals surface area (Å²) >= 11 is 0. The summed E-state index contributed by atoms with van der Waals surface area (Å²) in [4.78, 5) is 27.0. The van der Waals surface area contributed by atoms with Crippen LogP contribution in [-0.4, -0.2) is 32.2 Å². The van der Waals surface area contributed by atoms with Crippen LogP contribution in [0.2, 0.25) is 0 Å². The van der Waals surface area contributed by atoms with Gasteiger partial charge in [0.1, 0.15) is 10.6 Å². The van der Waals surface area contributed by atoms with Gasteiger partial charge in [-0.1, -0.05) is 55.3 Å². The smallest absolute Gasteiger partial charge is 0.265 e. The number of carbonyl (C=O) groups excluding carboxylic acids is 2. The molecule has 1 aliphatic carbocycles. The van der Waals surface area contributed by atoms with Crippen molar-refractivity contribution in [3.05, 3.63) is 66.2 Å². The van der Waals surface area contributed by atoms with Crippen LogP contribution in [-0.2, 0) is 26.2 Å². The third kappa shape index (κ3) is 3.92. The van der Waals surface area contributed by atoms with Crippen molar-refractivity contribution in [3.8, 4) is 5.75 Å². The number of methoxy groups -OCH3 is 1. The number of nitrogens with one attached hydrogen (secondary N) is 1. The van der Waals surface area contributed by atoms with Crippen LogP contribution in [0.3, 0.4) is 0 Å². The number of rotatable bonds is 6. The van der Waals surface area contributed by atoms with Gasteiger partial charge < -0.3 is 4.74 Å². The molecule has 0 bridgehead atoms. The molecule has 0 spiro atoms. The van der Waals surface area contributed by atoms with Gasteiger partial charge in [-0.2, -0.15) is 0 Å². The summed E-state index contributed by atoms with van der Waals surface area (Å²) < 4.78 is 34.8. The molecule has 1 N–H and O–H groups in total. The Morgan fingerprint density at radius 1 is 0.941 bits per heavy atom. The molecule has 2 atom stereocenters. The lowest BCUT2D eigenvalue weighted by Crippen LogP contribution is -2.30. The van der Waals surface area contributed by atoms with Crippen LogP contribution in [0.4, 0.5) is 5.69 Å². The molecular weight excluding hydrogens is 452 g/mol. The maximum atomic E-state index is 13.4. The molecule has 34 heavy (non-hydrogen) atoms. The highest BCUT2D eigenvalue weighted by Gasteiger charge is 2.47. The fourth-order valence-electron chi connectivity index (χ4n) is 5.11. The zero-order valence-corrected chi connectivity index (χ0v) is 19.7. The standard InChI is InChI=1S/C26H26N2O5S/c1-33-23-14-13-17(16-28-25(29)20-10-4-5-11-21(20)26(28)30)15-24(23)34(31,32)27-22-12-6-8-18-7-2-3-9-19(18)22/h2-3,6-9,12-15,20-21,27H,4-5,10-11,16H2,1H3/t20-,21-/m0/s1. The first-order valence-electron chi connectivity index (χ1n) is 11.4. The molecule has 0 aromatic heterocycles. The van der Waals surface area contributed by atoms with Crippen molar-refractivity contribution in [3.63, 3.8) is 0 Å². The van der Waals surface area contributed by atoms with E-state index in [0.717, 1.165) is 36.5 Å². The molecular formula is C26H26N2O5S. The number of carbonyl (C=O) groups is 2. The Balaban J connectivity index is 1.46. The fraction of sp³-hybridized carbons (Fsp3) is 0.308. The zero-order chi connectivity index (χ0) is 23.9. The number of fused-ring (bicyclic) bond motifs is 2. The molecule has 0 radical (unpaired) electrons.